The minimum Gasteiger partial charge on any atom is -0.300 e. The smallest absolute Gasteiger partial charge is 0.300 e. The third kappa shape index (κ3) is 1.73. The first-order valence-corrected chi connectivity index (χ1v) is 5.21. The lowest BCUT2D eigenvalue weighted by Crippen LogP contribution is -2.34. The number of rotatable bonds is 1. The summed E-state index contributed by atoms with van der Waals surface area (Å²) in [5.74, 6) is 0.575. The van der Waals surface area contributed by atoms with Gasteiger partial charge in [-0.1, -0.05) is 6.92 Å². The van der Waals surface area contributed by atoms with E-state index < -0.39 is 0 Å². The molecule has 82 valence electrons. The third-order valence-corrected chi connectivity index (χ3v) is 3.13. The van der Waals surface area contributed by atoms with Crippen LogP contribution in [0.25, 0.3) is 0 Å². The van der Waals surface area contributed by atoms with Crippen LogP contribution in [-0.2, 0) is 11.8 Å². The number of hydrogen-bond donors (Lipinski definition) is 0. The van der Waals surface area contributed by atoms with Gasteiger partial charge in [0.2, 0.25) is 0 Å². The number of carbonyl (C=O) groups excluding carboxylic acids is 1. The molecule has 5 nitrogen and oxygen atoms in total. The molecule has 0 saturated heterocycles. The van der Waals surface area contributed by atoms with Crippen molar-refractivity contribution in [1.82, 2.24) is 14.3 Å². The summed E-state index contributed by atoms with van der Waals surface area (Å²) in [6.07, 6.45) is 3.43. The monoisotopic (exact) mass is 209 g/mol. The van der Waals surface area contributed by atoms with Crippen molar-refractivity contribution in [3.8, 4) is 0 Å². The van der Waals surface area contributed by atoms with Gasteiger partial charge in [-0.15, -0.1) is 0 Å². The quantitative estimate of drug-likeness (QED) is 0.677. The normalized spacial score (nSPS) is 26.9. The molecule has 1 aromatic heterocycles. The second-order valence-corrected chi connectivity index (χ2v) is 4.30. The topological polar surface area (TPSA) is 56.9 Å². The average molecular weight is 209 g/mol. The SMILES string of the molecule is CC1CCC(=O)CC1n1ncn(C)c1=O. The first-order valence-electron chi connectivity index (χ1n) is 5.21. The van der Waals surface area contributed by atoms with E-state index in [4.69, 9.17) is 0 Å². The van der Waals surface area contributed by atoms with Gasteiger partial charge in [0.15, 0.2) is 0 Å². The fourth-order valence-electron chi connectivity index (χ4n) is 2.07. The van der Waals surface area contributed by atoms with Crippen LogP contribution in [0, 0.1) is 5.92 Å². The van der Waals surface area contributed by atoms with Crippen molar-refractivity contribution in [3.05, 3.63) is 16.8 Å². The van der Waals surface area contributed by atoms with Crippen LogP contribution in [0.1, 0.15) is 32.2 Å². The van der Waals surface area contributed by atoms with Gasteiger partial charge in [-0.3, -0.25) is 9.36 Å². The van der Waals surface area contributed by atoms with Crippen molar-refractivity contribution >= 4 is 5.78 Å². The molecular weight excluding hydrogens is 194 g/mol. The Morgan fingerprint density at radius 2 is 2.20 bits per heavy atom. The van der Waals surface area contributed by atoms with Gasteiger partial charge in [-0.2, -0.15) is 5.10 Å². The van der Waals surface area contributed by atoms with Gasteiger partial charge in [0.1, 0.15) is 12.1 Å². The second-order valence-electron chi connectivity index (χ2n) is 4.30. The van der Waals surface area contributed by atoms with Crippen LogP contribution in [0.2, 0.25) is 0 Å². The lowest BCUT2D eigenvalue weighted by Gasteiger charge is -2.26. The van der Waals surface area contributed by atoms with Crippen molar-refractivity contribution in [2.75, 3.05) is 0 Å². The molecule has 1 aliphatic carbocycles. The molecule has 1 fully saturated rings. The number of hydrogen-bond acceptors (Lipinski definition) is 3. The molecule has 1 saturated carbocycles. The van der Waals surface area contributed by atoms with Crippen molar-refractivity contribution < 1.29 is 4.79 Å². The molecule has 15 heavy (non-hydrogen) atoms. The standard InChI is InChI=1S/C10H15N3O2/c1-7-3-4-8(14)5-9(7)13-10(15)12(2)6-11-13/h6-7,9H,3-5H2,1-2H3. The highest BCUT2D eigenvalue weighted by atomic mass is 16.2. The van der Waals surface area contributed by atoms with Crippen LogP contribution < -0.4 is 5.69 Å². The predicted octanol–water partition coefficient (Wildman–Crippen LogP) is 0.512. The number of aromatic nitrogens is 3. The zero-order valence-electron chi connectivity index (χ0n) is 9.01. The number of ketones is 1. The Labute approximate surface area is 87.7 Å². The summed E-state index contributed by atoms with van der Waals surface area (Å²) in [6.45, 7) is 2.07. The minimum atomic E-state index is -0.137. The Bertz CT molecular complexity index is 432. The Balaban J connectivity index is 2.33. The summed E-state index contributed by atoms with van der Waals surface area (Å²) in [4.78, 5) is 23.0. The summed E-state index contributed by atoms with van der Waals surface area (Å²) < 4.78 is 2.88. The van der Waals surface area contributed by atoms with Gasteiger partial charge in [0, 0.05) is 19.9 Å². The zero-order valence-corrected chi connectivity index (χ0v) is 9.01. The number of Topliss-reactive ketones (excluding diaryl/α,β-unsaturated/α-hetero) is 1. The summed E-state index contributed by atoms with van der Waals surface area (Å²) >= 11 is 0. The van der Waals surface area contributed by atoms with E-state index in [-0.39, 0.29) is 17.5 Å². The van der Waals surface area contributed by atoms with Crippen molar-refractivity contribution in [3.63, 3.8) is 0 Å². The third-order valence-electron chi connectivity index (χ3n) is 3.13. The summed E-state index contributed by atoms with van der Waals surface area (Å²) in [7, 11) is 1.67. The zero-order chi connectivity index (χ0) is 11.0. The Morgan fingerprint density at radius 3 is 2.80 bits per heavy atom. The molecule has 0 aliphatic heterocycles. The van der Waals surface area contributed by atoms with E-state index in [1.165, 1.54) is 15.6 Å². The minimum absolute atomic E-state index is 0.0556. The van der Waals surface area contributed by atoms with Crippen molar-refractivity contribution in [2.24, 2.45) is 13.0 Å². The average Bonchev–Trinajstić information content (AvgIpc) is 2.52. The van der Waals surface area contributed by atoms with Gasteiger partial charge >= 0.3 is 5.69 Å². The molecule has 0 bridgehead atoms. The highest BCUT2D eigenvalue weighted by Gasteiger charge is 2.29. The van der Waals surface area contributed by atoms with E-state index in [9.17, 15) is 9.59 Å². The Hall–Kier alpha value is -1.39. The van der Waals surface area contributed by atoms with E-state index in [1.54, 1.807) is 7.05 Å². The maximum atomic E-state index is 11.7. The van der Waals surface area contributed by atoms with E-state index in [0.717, 1.165) is 6.42 Å². The number of nitrogens with zero attached hydrogens (tertiary/aromatic N) is 3. The molecule has 1 aliphatic rings. The first kappa shape index (κ1) is 10.1. The van der Waals surface area contributed by atoms with E-state index >= 15 is 0 Å². The maximum absolute atomic E-state index is 11.7. The fourth-order valence-corrected chi connectivity index (χ4v) is 2.07. The molecular formula is C10H15N3O2. The molecule has 2 unspecified atom stereocenters. The van der Waals surface area contributed by atoms with Crippen molar-refractivity contribution in [1.29, 1.82) is 0 Å². The second kappa shape index (κ2) is 3.64. The first-order chi connectivity index (χ1) is 7.09. The van der Waals surface area contributed by atoms with Gasteiger partial charge in [-0.25, -0.2) is 9.48 Å². The van der Waals surface area contributed by atoms with Crippen LogP contribution in [-0.4, -0.2) is 20.1 Å². The van der Waals surface area contributed by atoms with Gasteiger partial charge < -0.3 is 0 Å². The Morgan fingerprint density at radius 1 is 1.47 bits per heavy atom. The summed E-state index contributed by atoms with van der Waals surface area (Å²) in [6, 6.07) is -0.0556. The molecule has 0 aromatic carbocycles. The predicted molar refractivity (Wildman–Crippen MR) is 54.5 cm³/mol. The molecule has 2 rings (SSSR count). The van der Waals surface area contributed by atoms with Gasteiger partial charge in [0.25, 0.3) is 0 Å². The van der Waals surface area contributed by atoms with E-state index in [2.05, 4.69) is 12.0 Å². The molecule has 1 heterocycles. The highest BCUT2D eigenvalue weighted by Crippen LogP contribution is 2.29. The highest BCUT2D eigenvalue weighted by molar-refractivity contribution is 5.79. The van der Waals surface area contributed by atoms with Crippen molar-refractivity contribution in [2.45, 2.75) is 32.2 Å². The summed E-state index contributed by atoms with van der Waals surface area (Å²) in [5, 5.41) is 4.04. The fraction of sp³-hybridized carbons (Fsp3) is 0.700. The largest absolute Gasteiger partial charge is 0.345 e. The maximum Gasteiger partial charge on any atom is 0.345 e. The molecule has 1 aromatic rings. The molecule has 0 spiro atoms. The van der Waals surface area contributed by atoms with Crippen LogP contribution in [0.5, 0.6) is 0 Å². The molecule has 0 N–H and O–H groups in total. The van der Waals surface area contributed by atoms with E-state index in [1.807, 2.05) is 0 Å². The van der Waals surface area contributed by atoms with Gasteiger partial charge in [0.05, 0.1) is 6.04 Å². The van der Waals surface area contributed by atoms with E-state index in [0.29, 0.717) is 18.8 Å². The number of aryl methyl sites for hydroxylation is 1. The van der Waals surface area contributed by atoms with Crippen LogP contribution in [0.3, 0.4) is 0 Å². The summed E-state index contributed by atoms with van der Waals surface area (Å²) in [5.41, 5.74) is -0.137. The molecule has 2 atom stereocenters. The molecule has 0 radical (unpaired) electrons. The lowest BCUT2D eigenvalue weighted by atomic mass is 9.85. The molecule has 5 heteroatoms. The Kier molecular flexibility index (Phi) is 2.46. The molecule has 0 amide bonds. The lowest BCUT2D eigenvalue weighted by molar-refractivity contribution is -0.122. The number of carbonyl (C=O) groups is 1. The van der Waals surface area contributed by atoms with Crippen LogP contribution in [0.15, 0.2) is 11.1 Å². The van der Waals surface area contributed by atoms with Crippen LogP contribution in [0.4, 0.5) is 0 Å². The van der Waals surface area contributed by atoms with Crippen LogP contribution >= 0.6 is 0 Å². The van der Waals surface area contributed by atoms with Gasteiger partial charge in [-0.05, 0) is 12.3 Å².